The third kappa shape index (κ3) is 1.44. The number of ether oxygens (including phenoxy) is 1. The number of hydrogen-bond donors (Lipinski definition) is 2. The Morgan fingerprint density at radius 2 is 2.29 bits per heavy atom. The summed E-state index contributed by atoms with van der Waals surface area (Å²) in [5.41, 5.74) is 3.41. The molecule has 0 spiro atoms. The first-order valence-corrected chi connectivity index (χ1v) is 4.80. The van der Waals surface area contributed by atoms with E-state index < -0.39 is 0 Å². The van der Waals surface area contributed by atoms with Gasteiger partial charge in [0.25, 0.3) is 0 Å². The van der Waals surface area contributed by atoms with Crippen LogP contribution in [0.1, 0.15) is 11.1 Å². The zero-order chi connectivity index (χ0) is 10.1. The van der Waals surface area contributed by atoms with Crippen LogP contribution in [0.25, 0.3) is 0 Å². The molecule has 1 aliphatic heterocycles. The van der Waals surface area contributed by atoms with Crippen LogP contribution in [0.2, 0.25) is 0 Å². The van der Waals surface area contributed by atoms with Crippen LogP contribution >= 0.6 is 0 Å². The number of aryl methyl sites for hydroxylation is 1. The molecule has 1 aromatic rings. The highest BCUT2D eigenvalue weighted by molar-refractivity contribution is 5.64. The molecule has 2 rings (SSSR count). The summed E-state index contributed by atoms with van der Waals surface area (Å²) in [6.45, 7) is 2.68. The molecule has 0 aromatic heterocycles. The van der Waals surface area contributed by atoms with E-state index in [4.69, 9.17) is 4.74 Å². The molecule has 1 aromatic carbocycles. The maximum atomic E-state index is 9.55. The van der Waals surface area contributed by atoms with Gasteiger partial charge in [-0.1, -0.05) is 6.07 Å². The van der Waals surface area contributed by atoms with E-state index in [-0.39, 0.29) is 6.10 Å². The molecule has 0 saturated carbocycles. The predicted octanol–water partition coefficient (Wildman–Crippen LogP) is 1.33. The van der Waals surface area contributed by atoms with Crippen LogP contribution < -0.4 is 10.1 Å². The first-order chi connectivity index (χ1) is 6.72. The molecule has 0 fully saturated rings. The molecule has 14 heavy (non-hydrogen) atoms. The topological polar surface area (TPSA) is 41.5 Å². The number of hydrogen-bond acceptors (Lipinski definition) is 3. The number of aliphatic hydroxyl groups is 1. The Labute approximate surface area is 83.7 Å². The minimum Gasteiger partial charge on any atom is -0.496 e. The Kier molecular flexibility index (Phi) is 2.33. The van der Waals surface area contributed by atoms with Crippen molar-refractivity contribution in [2.75, 3.05) is 19.0 Å². The smallest absolute Gasteiger partial charge is 0.124 e. The second-order valence-corrected chi connectivity index (χ2v) is 3.68. The number of β-amino-alcohol motifs (C(OH)–C–C–N with tert-alkyl or cyclic N) is 1. The van der Waals surface area contributed by atoms with Gasteiger partial charge in [-0.3, -0.25) is 0 Å². The number of rotatable bonds is 1. The molecule has 1 aliphatic rings. The van der Waals surface area contributed by atoms with Gasteiger partial charge < -0.3 is 15.2 Å². The second-order valence-electron chi connectivity index (χ2n) is 3.68. The number of benzene rings is 1. The van der Waals surface area contributed by atoms with Crippen LogP contribution in [0.15, 0.2) is 12.1 Å². The minimum atomic E-state index is -0.307. The first-order valence-electron chi connectivity index (χ1n) is 4.80. The van der Waals surface area contributed by atoms with Crippen LogP contribution in [0.5, 0.6) is 5.75 Å². The largest absolute Gasteiger partial charge is 0.496 e. The molecule has 1 unspecified atom stereocenters. The number of fused-ring (bicyclic) bond motifs is 1. The Morgan fingerprint density at radius 1 is 1.50 bits per heavy atom. The Hall–Kier alpha value is -1.22. The molecule has 1 heterocycles. The minimum absolute atomic E-state index is 0.307. The third-order valence-corrected chi connectivity index (χ3v) is 2.65. The molecule has 76 valence electrons. The van der Waals surface area contributed by atoms with E-state index in [0.29, 0.717) is 13.0 Å². The van der Waals surface area contributed by atoms with Crippen LogP contribution in [0.4, 0.5) is 5.69 Å². The standard InChI is InChI=1S/C11H15NO2/c1-7-3-4-10(14-2)9-5-8(13)6-12-11(7)9/h3-4,8,12-13H,5-6H2,1-2H3. The van der Waals surface area contributed by atoms with Crippen molar-refractivity contribution in [2.45, 2.75) is 19.4 Å². The summed E-state index contributed by atoms with van der Waals surface area (Å²) >= 11 is 0. The SMILES string of the molecule is COc1ccc(C)c2c1CC(O)CN2. The lowest BCUT2D eigenvalue weighted by molar-refractivity contribution is 0.183. The van der Waals surface area contributed by atoms with Gasteiger partial charge in [-0.2, -0.15) is 0 Å². The molecular weight excluding hydrogens is 178 g/mol. The second kappa shape index (κ2) is 3.50. The monoisotopic (exact) mass is 193 g/mol. The van der Waals surface area contributed by atoms with E-state index in [1.807, 2.05) is 12.1 Å². The van der Waals surface area contributed by atoms with Crippen molar-refractivity contribution in [1.29, 1.82) is 0 Å². The highest BCUT2D eigenvalue weighted by atomic mass is 16.5. The fourth-order valence-electron chi connectivity index (χ4n) is 1.91. The molecule has 2 N–H and O–H groups in total. The van der Waals surface area contributed by atoms with E-state index in [9.17, 15) is 5.11 Å². The summed E-state index contributed by atoms with van der Waals surface area (Å²) in [6.07, 6.45) is 0.367. The molecule has 0 amide bonds. The summed E-state index contributed by atoms with van der Waals surface area (Å²) < 4.78 is 5.26. The van der Waals surface area contributed by atoms with Crippen LogP contribution in [0.3, 0.4) is 0 Å². The first kappa shape index (κ1) is 9.34. The predicted molar refractivity (Wildman–Crippen MR) is 55.9 cm³/mol. The van der Waals surface area contributed by atoms with Crippen molar-refractivity contribution < 1.29 is 9.84 Å². The quantitative estimate of drug-likeness (QED) is 0.707. The molecule has 0 aliphatic carbocycles. The lowest BCUT2D eigenvalue weighted by atomic mass is 9.97. The normalized spacial score (nSPS) is 19.8. The number of aliphatic hydroxyl groups excluding tert-OH is 1. The van der Waals surface area contributed by atoms with Gasteiger partial charge in [0.2, 0.25) is 0 Å². The summed E-state index contributed by atoms with van der Waals surface area (Å²) in [7, 11) is 1.66. The van der Waals surface area contributed by atoms with Crippen LogP contribution in [-0.4, -0.2) is 24.9 Å². The van der Waals surface area contributed by atoms with Gasteiger partial charge in [-0.05, 0) is 18.6 Å². The highest BCUT2D eigenvalue weighted by Crippen LogP contribution is 2.33. The fraction of sp³-hybridized carbons (Fsp3) is 0.455. The van der Waals surface area contributed by atoms with E-state index in [1.54, 1.807) is 7.11 Å². The van der Waals surface area contributed by atoms with Crippen molar-refractivity contribution in [2.24, 2.45) is 0 Å². The maximum absolute atomic E-state index is 9.55. The molecule has 3 heteroatoms. The van der Waals surface area contributed by atoms with E-state index in [1.165, 1.54) is 5.56 Å². The summed E-state index contributed by atoms with van der Waals surface area (Å²) in [6, 6.07) is 3.98. The van der Waals surface area contributed by atoms with Crippen molar-refractivity contribution >= 4 is 5.69 Å². The number of anilines is 1. The van der Waals surface area contributed by atoms with Gasteiger partial charge in [0.1, 0.15) is 5.75 Å². The summed E-state index contributed by atoms with van der Waals surface area (Å²) in [5, 5.41) is 12.8. The van der Waals surface area contributed by atoms with Crippen LogP contribution in [0, 0.1) is 6.92 Å². The maximum Gasteiger partial charge on any atom is 0.124 e. The van der Waals surface area contributed by atoms with Gasteiger partial charge in [0.15, 0.2) is 0 Å². The lowest BCUT2D eigenvalue weighted by Crippen LogP contribution is -2.28. The van der Waals surface area contributed by atoms with Gasteiger partial charge in [-0.15, -0.1) is 0 Å². The van der Waals surface area contributed by atoms with Crippen molar-refractivity contribution in [1.82, 2.24) is 0 Å². The molecule has 1 atom stereocenters. The van der Waals surface area contributed by atoms with Crippen molar-refractivity contribution in [3.05, 3.63) is 23.3 Å². The Balaban J connectivity index is 2.49. The summed E-state index contributed by atoms with van der Waals surface area (Å²) in [4.78, 5) is 0. The number of methoxy groups -OCH3 is 1. The molecule has 0 bridgehead atoms. The average Bonchev–Trinajstić information content (AvgIpc) is 2.18. The third-order valence-electron chi connectivity index (χ3n) is 2.65. The van der Waals surface area contributed by atoms with E-state index >= 15 is 0 Å². The molecule has 0 radical (unpaired) electrons. The van der Waals surface area contributed by atoms with E-state index in [0.717, 1.165) is 17.0 Å². The fourth-order valence-corrected chi connectivity index (χ4v) is 1.91. The Morgan fingerprint density at radius 3 is 3.00 bits per heavy atom. The van der Waals surface area contributed by atoms with Gasteiger partial charge in [0, 0.05) is 24.2 Å². The van der Waals surface area contributed by atoms with E-state index in [2.05, 4.69) is 12.2 Å². The van der Waals surface area contributed by atoms with Crippen molar-refractivity contribution in [3.8, 4) is 5.75 Å². The average molecular weight is 193 g/mol. The lowest BCUT2D eigenvalue weighted by Gasteiger charge is -2.25. The van der Waals surface area contributed by atoms with Gasteiger partial charge in [-0.25, -0.2) is 0 Å². The van der Waals surface area contributed by atoms with Gasteiger partial charge in [0.05, 0.1) is 13.2 Å². The highest BCUT2D eigenvalue weighted by Gasteiger charge is 2.20. The Bertz CT molecular complexity index is 349. The zero-order valence-corrected chi connectivity index (χ0v) is 8.50. The van der Waals surface area contributed by atoms with Gasteiger partial charge >= 0.3 is 0 Å². The zero-order valence-electron chi connectivity index (χ0n) is 8.50. The molecule has 0 saturated heterocycles. The molecule has 3 nitrogen and oxygen atoms in total. The summed E-state index contributed by atoms with van der Waals surface area (Å²) in [5.74, 6) is 0.858. The number of nitrogens with one attached hydrogen (secondary N) is 1. The molecular formula is C11H15NO2. The van der Waals surface area contributed by atoms with Crippen molar-refractivity contribution in [3.63, 3.8) is 0 Å². The van der Waals surface area contributed by atoms with Crippen LogP contribution in [-0.2, 0) is 6.42 Å².